The van der Waals surface area contributed by atoms with Gasteiger partial charge in [0.1, 0.15) is 29.2 Å². The number of benzene rings is 2. The zero-order valence-electron chi connectivity index (χ0n) is 26.0. The van der Waals surface area contributed by atoms with Gasteiger partial charge in [-0.3, -0.25) is 4.79 Å². The minimum atomic E-state index is -1.12. The van der Waals surface area contributed by atoms with Gasteiger partial charge in [0.05, 0.1) is 30.3 Å². The highest BCUT2D eigenvalue weighted by Gasteiger charge is 2.44. The Bertz CT molecular complexity index is 1720. The Morgan fingerprint density at radius 3 is 2.53 bits per heavy atom. The van der Waals surface area contributed by atoms with Crippen LogP contribution in [0, 0.1) is 5.92 Å². The summed E-state index contributed by atoms with van der Waals surface area (Å²) in [7, 11) is 1.55. The van der Waals surface area contributed by atoms with Gasteiger partial charge in [0.15, 0.2) is 5.65 Å². The van der Waals surface area contributed by atoms with Crippen molar-refractivity contribution in [3.8, 4) is 17.0 Å². The molecule has 236 valence electrons. The Kier molecular flexibility index (Phi) is 7.86. The summed E-state index contributed by atoms with van der Waals surface area (Å²) in [5.41, 5.74) is 8.04. The number of carbonyl (C=O) groups excluding carboxylic acids is 2. The number of nitrogens with two attached hydrogens (primary N) is 1. The van der Waals surface area contributed by atoms with Gasteiger partial charge in [0, 0.05) is 24.6 Å². The first kappa shape index (κ1) is 30.3. The smallest absolute Gasteiger partial charge is 0.410 e. The van der Waals surface area contributed by atoms with E-state index in [0.717, 1.165) is 6.42 Å². The van der Waals surface area contributed by atoms with Crippen molar-refractivity contribution >= 4 is 34.5 Å². The molecule has 1 aliphatic heterocycles. The maximum absolute atomic E-state index is 13.1. The number of rotatable bonds is 7. The van der Waals surface area contributed by atoms with Crippen molar-refractivity contribution in [1.82, 2.24) is 24.6 Å². The van der Waals surface area contributed by atoms with E-state index in [2.05, 4.69) is 27.4 Å². The number of methoxy groups -OCH3 is 1. The molecule has 1 aliphatic carbocycles. The number of nitrogens with zero attached hydrogens (tertiary/aromatic N) is 5. The number of aliphatic hydroxyl groups is 1. The fourth-order valence-electron chi connectivity index (χ4n) is 5.93. The van der Waals surface area contributed by atoms with Crippen molar-refractivity contribution in [3.05, 3.63) is 60.4 Å². The van der Waals surface area contributed by atoms with Gasteiger partial charge < -0.3 is 30.5 Å². The van der Waals surface area contributed by atoms with Gasteiger partial charge in [-0.05, 0) is 63.6 Å². The van der Waals surface area contributed by atoms with Crippen LogP contribution in [0.15, 0.2) is 54.9 Å². The van der Waals surface area contributed by atoms with Crippen molar-refractivity contribution in [2.24, 2.45) is 5.92 Å². The van der Waals surface area contributed by atoms with Crippen LogP contribution in [0.5, 0.6) is 5.75 Å². The van der Waals surface area contributed by atoms with Gasteiger partial charge in [-0.2, -0.15) is 5.10 Å². The third-order valence-electron chi connectivity index (χ3n) is 8.44. The molecule has 12 nitrogen and oxygen atoms in total. The average Bonchev–Trinajstić information content (AvgIpc) is 3.73. The Hall–Kier alpha value is -4.71. The Balaban J connectivity index is 1.21. The van der Waals surface area contributed by atoms with Crippen molar-refractivity contribution in [3.63, 3.8) is 0 Å². The van der Waals surface area contributed by atoms with Crippen LogP contribution in [-0.2, 0) is 16.1 Å². The number of hydrogen-bond donors (Lipinski definition) is 3. The highest BCUT2D eigenvalue weighted by Crippen LogP contribution is 2.48. The molecule has 2 fully saturated rings. The molecule has 2 unspecified atom stereocenters. The number of aromatic nitrogens is 4. The largest absolute Gasteiger partial charge is 0.495 e. The van der Waals surface area contributed by atoms with Crippen LogP contribution in [0.4, 0.5) is 16.3 Å². The van der Waals surface area contributed by atoms with Gasteiger partial charge >= 0.3 is 6.09 Å². The summed E-state index contributed by atoms with van der Waals surface area (Å²) in [6.07, 6.45) is 2.48. The minimum absolute atomic E-state index is 0.0479. The predicted molar refractivity (Wildman–Crippen MR) is 170 cm³/mol. The third kappa shape index (κ3) is 6.41. The molecule has 2 amide bonds. The van der Waals surface area contributed by atoms with Crippen LogP contribution in [0.3, 0.4) is 0 Å². The van der Waals surface area contributed by atoms with E-state index in [1.54, 1.807) is 28.8 Å². The molecule has 0 spiro atoms. The second kappa shape index (κ2) is 11.7. The number of fused-ring (bicyclic) bond motifs is 1. The molecule has 1 saturated carbocycles. The van der Waals surface area contributed by atoms with Crippen LogP contribution in [-0.4, -0.2) is 73.2 Å². The summed E-state index contributed by atoms with van der Waals surface area (Å²) in [5, 5.41) is 20.0. The number of anilines is 2. The summed E-state index contributed by atoms with van der Waals surface area (Å²) in [6.45, 7) is 6.34. The van der Waals surface area contributed by atoms with E-state index < -0.39 is 17.3 Å². The average molecular weight is 614 g/mol. The molecule has 2 aliphatic rings. The molecule has 1 saturated heterocycles. The summed E-state index contributed by atoms with van der Waals surface area (Å²) < 4.78 is 12.8. The second-order valence-electron chi connectivity index (χ2n) is 12.9. The van der Waals surface area contributed by atoms with Crippen LogP contribution in [0.1, 0.15) is 51.5 Å². The second-order valence-corrected chi connectivity index (χ2v) is 12.9. The van der Waals surface area contributed by atoms with Crippen molar-refractivity contribution in [2.75, 3.05) is 31.2 Å². The lowest BCUT2D eigenvalue weighted by Crippen LogP contribution is -2.49. The molecule has 0 bridgehead atoms. The molecule has 4 aromatic rings. The zero-order valence-corrected chi connectivity index (χ0v) is 26.0. The maximum atomic E-state index is 13.1. The number of nitrogen functional groups attached to an aromatic ring is 1. The van der Waals surface area contributed by atoms with Crippen LogP contribution < -0.4 is 15.8 Å². The lowest BCUT2D eigenvalue weighted by Gasteiger charge is -2.38. The molecule has 6 rings (SSSR count). The zero-order chi connectivity index (χ0) is 31.9. The minimum Gasteiger partial charge on any atom is -0.495 e. The molecule has 2 atom stereocenters. The highest BCUT2D eigenvalue weighted by atomic mass is 16.6. The molecule has 2 aromatic heterocycles. The topological polar surface area (TPSA) is 158 Å². The van der Waals surface area contributed by atoms with E-state index in [-0.39, 0.29) is 30.1 Å². The fraction of sp³-hybridized carbons (Fsp3) is 0.424. The summed E-state index contributed by atoms with van der Waals surface area (Å²) in [6, 6.07) is 15.5. The van der Waals surface area contributed by atoms with E-state index in [1.807, 2.05) is 45.0 Å². The van der Waals surface area contributed by atoms with Crippen molar-refractivity contribution < 1.29 is 24.2 Å². The number of amides is 2. The van der Waals surface area contributed by atoms with Crippen LogP contribution >= 0.6 is 0 Å². The summed E-state index contributed by atoms with van der Waals surface area (Å²) in [5.74, 6) is 0.812. The first-order valence-electron chi connectivity index (χ1n) is 15.2. The van der Waals surface area contributed by atoms with Gasteiger partial charge in [-0.15, -0.1) is 0 Å². The predicted octanol–water partition coefficient (Wildman–Crippen LogP) is 4.59. The number of likely N-dealkylation sites (tertiary alicyclic amines) is 1. The molecule has 45 heavy (non-hydrogen) atoms. The van der Waals surface area contributed by atoms with Gasteiger partial charge in [-0.1, -0.05) is 36.4 Å². The number of piperidine rings is 1. The summed E-state index contributed by atoms with van der Waals surface area (Å²) in [4.78, 5) is 35.9. The fourth-order valence-corrected chi connectivity index (χ4v) is 5.93. The van der Waals surface area contributed by atoms with Crippen molar-refractivity contribution in [2.45, 2.75) is 63.7 Å². The van der Waals surface area contributed by atoms with Gasteiger partial charge in [0.2, 0.25) is 5.91 Å². The Morgan fingerprint density at radius 1 is 1.11 bits per heavy atom. The van der Waals surface area contributed by atoms with Gasteiger partial charge in [-0.25, -0.2) is 19.4 Å². The third-order valence-corrected chi connectivity index (χ3v) is 8.44. The molecular formula is C33H39N7O5. The lowest BCUT2D eigenvalue weighted by atomic mass is 9.91. The molecule has 12 heteroatoms. The number of ether oxygens (including phenoxy) is 2. The Labute approximate surface area is 261 Å². The van der Waals surface area contributed by atoms with Crippen LogP contribution in [0.2, 0.25) is 0 Å². The molecular weight excluding hydrogens is 574 g/mol. The normalized spacial score (nSPS) is 19.3. The van der Waals surface area contributed by atoms with Crippen LogP contribution in [0.25, 0.3) is 22.3 Å². The van der Waals surface area contributed by atoms with E-state index in [0.29, 0.717) is 59.7 Å². The molecule has 4 N–H and O–H groups in total. The first-order valence-corrected chi connectivity index (χ1v) is 15.2. The molecule has 0 radical (unpaired) electrons. The van der Waals surface area contributed by atoms with E-state index in [4.69, 9.17) is 20.3 Å². The SMILES string of the molecule is COc1cc(-c2nn(CC3(O)CCN(C(=O)OC(C)(C)C)CC3)c3ncnc(N)c23)ccc1NC(=O)C1CC1c1ccccc1. The van der Waals surface area contributed by atoms with E-state index >= 15 is 0 Å². The number of carbonyl (C=O) groups is 2. The van der Waals surface area contributed by atoms with Gasteiger partial charge in [0.25, 0.3) is 0 Å². The highest BCUT2D eigenvalue weighted by molar-refractivity contribution is 6.00. The number of hydrogen-bond acceptors (Lipinski definition) is 9. The Morgan fingerprint density at radius 2 is 1.84 bits per heavy atom. The quantitative estimate of drug-likeness (QED) is 0.271. The lowest BCUT2D eigenvalue weighted by molar-refractivity contribution is -0.117. The number of nitrogens with one attached hydrogen (secondary N) is 1. The molecule has 2 aromatic carbocycles. The van der Waals surface area contributed by atoms with E-state index in [9.17, 15) is 14.7 Å². The first-order chi connectivity index (χ1) is 21.4. The van der Waals surface area contributed by atoms with E-state index in [1.165, 1.54) is 11.9 Å². The maximum Gasteiger partial charge on any atom is 0.410 e. The standard InChI is InChI=1S/C33H39N7O5/c1-32(2,3)45-31(42)39-14-12-33(43,13-15-39)18-40-29-26(28(34)35-19-36-29)27(38-40)21-10-11-24(25(16-21)44-4)37-30(41)23-17-22(23)20-8-6-5-7-9-20/h5-11,16,19,22-23,43H,12-15,17-18H2,1-4H3,(H,37,41)(H2,34,35,36). The molecule has 3 heterocycles. The summed E-state index contributed by atoms with van der Waals surface area (Å²) >= 11 is 0. The monoisotopic (exact) mass is 613 g/mol. The van der Waals surface area contributed by atoms with Crippen molar-refractivity contribution in [1.29, 1.82) is 0 Å².